The summed E-state index contributed by atoms with van der Waals surface area (Å²) in [5, 5.41) is 3.15. The first-order valence-electron chi connectivity index (χ1n) is 6.56. The Morgan fingerprint density at radius 3 is 2.42 bits per heavy atom. The van der Waals surface area contributed by atoms with Gasteiger partial charge in [0, 0.05) is 37.3 Å². The Morgan fingerprint density at radius 2 is 1.84 bits per heavy atom. The van der Waals surface area contributed by atoms with Gasteiger partial charge in [-0.2, -0.15) is 0 Å². The van der Waals surface area contributed by atoms with Gasteiger partial charge in [-0.1, -0.05) is 13.8 Å². The molecule has 0 aliphatic carbocycles. The third-order valence-corrected chi connectivity index (χ3v) is 3.14. The molecule has 100 valence electrons. The molecule has 0 unspecified atom stereocenters. The average molecular weight is 256 g/mol. The van der Waals surface area contributed by atoms with Crippen molar-refractivity contribution in [1.82, 2.24) is 15.0 Å². The number of aromatic nitrogens is 3. The monoisotopic (exact) mass is 256 g/mol. The van der Waals surface area contributed by atoms with Crippen LogP contribution in [0.5, 0.6) is 0 Å². The normalized spacial score (nSPS) is 10.8. The van der Waals surface area contributed by atoms with E-state index < -0.39 is 0 Å². The van der Waals surface area contributed by atoms with Gasteiger partial charge in [-0.25, -0.2) is 9.97 Å². The molecule has 19 heavy (non-hydrogen) atoms. The second-order valence-electron chi connectivity index (χ2n) is 4.94. The van der Waals surface area contributed by atoms with E-state index in [-0.39, 0.29) is 0 Å². The Hall–Kier alpha value is -1.97. The zero-order chi connectivity index (χ0) is 13.8. The van der Waals surface area contributed by atoms with Crippen LogP contribution in [0.25, 0.3) is 0 Å². The zero-order valence-electron chi connectivity index (χ0n) is 11.9. The number of hydrogen-bond donors (Lipinski definition) is 1. The van der Waals surface area contributed by atoms with Crippen molar-refractivity contribution in [2.24, 2.45) is 0 Å². The fourth-order valence-corrected chi connectivity index (χ4v) is 1.95. The van der Waals surface area contributed by atoms with Crippen molar-refractivity contribution < 1.29 is 0 Å². The first-order valence-corrected chi connectivity index (χ1v) is 6.56. The van der Waals surface area contributed by atoms with E-state index in [0.717, 1.165) is 29.3 Å². The third-order valence-electron chi connectivity index (χ3n) is 3.14. The third kappa shape index (κ3) is 3.08. The maximum absolute atomic E-state index is 4.70. The molecule has 4 nitrogen and oxygen atoms in total. The Balaban J connectivity index is 2.41. The van der Waals surface area contributed by atoms with Crippen molar-refractivity contribution in [2.45, 2.75) is 33.1 Å². The topological polar surface area (TPSA) is 50.7 Å². The number of anilines is 1. The average Bonchev–Trinajstić information content (AvgIpc) is 2.42. The molecule has 0 spiro atoms. The minimum atomic E-state index is 0.323. The molecule has 0 fully saturated rings. The zero-order valence-corrected chi connectivity index (χ0v) is 11.9. The molecule has 1 N–H and O–H groups in total. The number of hydrogen-bond acceptors (Lipinski definition) is 4. The highest BCUT2D eigenvalue weighted by Gasteiger charge is 2.12. The van der Waals surface area contributed by atoms with Crippen LogP contribution in [0.3, 0.4) is 0 Å². The molecule has 0 radical (unpaired) electrons. The summed E-state index contributed by atoms with van der Waals surface area (Å²) in [4.78, 5) is 13.3. The summed E-state index contributed by atoms with van der Waals surface area (Å²) in [6.45, 7) is 6.28. The molecule has 0 saturated heterocycles. The van der Waals surface area contributed by atoms with Crippen molar-refractivity contribution in [2.75, 3.05) is 12.4 Å². The van der Waals surface area contributed by atoms with E-state index in [1.807, 2.05) is 31.6 Å². The number of pyridine rings is 1. The Morgan fingerprint density at radius 1 is 1.16 bits per heavy atom. The molecule has 0 atom stereocenters. The van der Waals surface area contributed by atoms with E-state index in [1.165, 1.54) is 5.56 Å². The first-order chi connectivity index (χ1) is 9.11. The predicted molar refractivity (Wildman–Crippen MR) is 77.4 cm³/mol. The molecule has 0 amide bonds. The smallest absolute Gasteiger partial charge is 0.133 e. The van der Waals surface area contributed by atoms with Crippen molar-refractivity contribution in [1.29, 1.82) is 0 Å². The van der Waals surface area contributed by atoms with Crippen molar-refractivity contribution in [3.05, 3.63) is 47.2 Å². The number of nitrogens with one attached hydrogen (secondary N) is 1. The van der Waals surface area contributed by atoms with Crippen molar-refractivity contribution in [3.63, 3.8) is 0 Å². The molecule has 0 aliphatic rings. The van der Waals surface area contributed by atoms with Gasteiger partial charge in [0.15, 0.2) is 0 Å². The summed E-state index contributed by atoms with van der Waals surface area (Å²) in [5.41, 5.74) is 3.41. The highest BCUT2D eigenvalue weighted by atomic mass is 15.0. The SMILES string of the molecule is CNc1nc(C(C)C)nc(Cc2ccncc2)c1C. The molecule has 0 aliphatic heterocycles. The molecule has 0 saturated carbocycles. The molecular weight excluding hydrogens is 236 g/mol. The molecule has 4 heteroatoms. The fourth-order valence-electron chi connectivity index (χ4n) is 1.95. The Labute approximate surface area is 114 Å². The minimum absolute atomic E-state index is 0.323. The number of nitrogens with zero attached hydrogens (tertiary/aromatic N) is 3. The molecule has 0 aromatic carbocycles. The van der Waals surface area contributed by atoms with Crippen LogP contribution in [-0.2, 0) is 6.42 Å². The molecule has 2 aromatic heterocycles. The summed E-state index contributed by atoms with van der Waals surface area (Å²) in [5.74, 6) is 2.13. The summed E-state index contributed by atoms with van der Waals surface area (Å²) in [7, 11) is 1.90. The van der Waals surface area contributed by atoms with Gasteiger partial charge in [0.2, 0.25) is 0 Å². The summed E-state index contributed by atoms with van der Waals surface area (Å²) in [6, 6.07) is 4.05. The van der Waals surface area contributed by atoms with Crippen LogP contribution < -0.4 is 5.32 Å². The Kier molecular flexibility index (Phi) is 4.10. The lowest BCUT2D eigenvalue weighted by Crippen LogP contribution is -2.09. The van der Waals surface area contributed by atoms with Gasteiger partial charge < -0.3 is 5.32 Å². The largest absolute Gasteiger partial charge is 0.373 e. The van der Waals surface area contributed by atoms with Gasteiger partial charge in [-0.3, -0.25) is 4.98 Å². The lowest BCUT2D eigenvalue weighted by molar-refractivity contribution is 0.758. The lowest BCUT2D eigenvalue weighted by atomic mass is 10.1. The molecule has 2 aromatic rings. The second kappa shape index (κ2) is 5.78. The van der Waals surface area contributed by atoms with E-state index >= 15 is 0 Å². The van der Waals surface area contributed by atoms with E-state index in [1.54, 1.807) is 0 Å². The van der Waals surface area contributed by atoms with Gasteiger partial charge in [0.25, 0.3) is 0 Å². The van der Waals surface area contributed by atoms with Crippen LogP contribution in [0.2, 0.25) is 0 Å². The minimum Gasteiger partial charge on any atom is -0.373 e. The second-order valence-corrected chi connectivity index (χ2v) is 4.94. The van der Waals surface area contributed by atoms with E-state index in [4.69, 9.17) is 4.98 Å². The highest BCUT2D eigenvalue weighted by Crippen LogP contribution is 2.21. The Bertz CT molecular complexity index is 550. The van der Waals surface area contributed by atoms with Crippen LogP contribution in [0, 0.1) is 6.92 Å². The summed E-state index contributed by atoms with van der Waals surface area (Å²) in [6.07, 6.45) is 4.44. The van der Waals surface area contributed by atoms with Gasteiger partial charge in [-0.15, -0.1) is 0 Å². The van der Waals surface area contributed by atoms with Crippen LogP contribution >= 0.6 is 0 Å². The molecular formula is C15H20N4. The summed E-state index contributed by atoms with van der Waals surface area (Å²) < 4.78 is 0. The van der Waals surface area contributed by atoms with E-state index in [2.05, 4.69) is 36.1 Å². The predicted octanol–water partition coefficient (Wildman–Crippen LogP) is 2.94. The van der Waals surface area contributed by atoms with Crippen LogP contribution in [0.1, 0.15) is 42.4 Å². The lowest BCUT2D eigenvalue weighted by Gasteiger charge is -2.14. The molecule has 2 rings (SSSR count). The van der Waals surface area contributed by atoms with Gasteiger partial charge in [0.1, 0.15) is 11.6 Å². The van der Waals surface area contributed by atoms with Gasteiger partial charge >= 0.3 is 0 Å². The quantitative estimate of drug-likeness (QED) is 0.913. The molecule has 2 heterocycles. The maximum atomic E-state index is 4.70. The number of rotatable bonds is 4. The molecule has 0 bridgehead atoms. The highest BCUT2D eigenvalue weighted by molar-refractivity contribution is 5.46. The van der Waals surface area contributed by atoms with E-state index in [9.17, 15) is 0 Å². The van der Waals surface area contributed by atoms with Crippen molar-refractivity contribution >= 4 is 5.82 Å². The fraction of sp³-hybridized carbons (Fsp3) is 0.400. The van der Waals surface area contributed by atoms with Crippen LogP contribution in [0.15, 0.2) is 24.5 Å². The van der Waals surface area contributed by atoms with E-state index in [0.29, 0.717) is 5.92 Å². The summed E-state index contributed by atoms with van der Waals surface area (Å²) >= 11 is 0. The van der Waals surface area contributed by atoms with Crippen LogP contribution in [0.4, 0.5) is 5.82 Å². The first kappa shape index (κ1) is 13.5. The van der Waals surface area contributed by atoms with Crippen molar-refractivity contribution in [3.8, 4) is 0 Å². The van der Waals surface area contributed by atoms with Gasteiger partial charge in [0.05, 0.1) is 5.69 Å². The standard InChI is InChI=1S/C15H20N4/c1-10(2)14-18-13(11(3)15(16-4)19-14)9-12-5-7-17-8-6-12/h5-8,10H,9H2,1-4H3,(H,16,18,19). The van der Waals surface area contributed by atoms with Gasteiger partial charge in [-0.05, 0) is 24.6 Å². The maximum Gasteiger partial charge on any atom is 0.133 e. The van der Waals surface area contributed by atoms with Crippen LogP contribution in [-0.4, -0.2) is 22.0 Å².